The van der Waals surface area contributed by atoms with Crippen LogP contribution in [-0.2, 0) is 0 Å². The lowest BCUT2D eigenvalue weighted by Crippen LogP contribution is -2.31. The van der Waals surface area contributed by atoms with Crippen LogP contribution in [-0.4, -0.2) is 47.3 Å². The van der Waals surface area contributed by atoms with Gasteiger partial charge in [-0.15, -0.1) is 0 Å². The molecule has 0 aliphatic heterocycles. The molecular weight excluding hydrogens is 374 g/mol. The summed E-state index contributed by atoms with van der Waals surface area (Å²) in [6, 6.07) is 4.07. The average Bonchev–Trinajstić information content (AvgIpc) is 3.25. The second kappa shape index (κ2) is 6.97. The van der Waals surface area contributed by atoms with Gasteiger partial charge < -0.3 is 30.1 Å². The van der Waals surface area contributed by atoms with Gasteiger partial charge in [0.1, 0.15) is 11.8 Å². The number of rotatable bonds is 3. The summed E-state index contributed by atoms with van der Waals surface area (Å²) in [4.78, 5) is 6.80. The number of aliphatic hydroxyl groups excluding tert-OH is 3. The zero-order valence-electron chi connectivity index (χ0n) is 14.4. The van der Waals surface area contributed by atoms with Crippen LogP contribution in [0.25, 0.3) is 11.0 Å². The van der Waals surface area contributed by atoms with Gasteiger partial charge in [0.05, 0.1) is 30.0 Å². The summed E-state index contributed by atoms with van der Waals surface area (Å²) in [6.45, 7) is 0. The Hall–Kier alpha value is -2.82. The van der Waals surface area contributed by atoms with E-state index in [-0.39, 0.29) is 17.5 Å². The average molecular weight is 392 g/mol. The fourth-order valence-electron chi connectivity index (χ4n) is 3.94. The Morgan fingerprint density at radius 1 is 1.18 bits per heavy atom. The molecule has 5 N–H and O–H groups in total. The van der Waals surface area contributed by atoms with E-state index in [9.17, 15) is 24.1 Å². The topological polar surface area (TPSA) is 127 Å². The van der Waals surface area contributed by atoms with E-state index in [1.54, 1.807) is 16.8 Å². The molecule has 0 saturated heterocycles. The van der Waals surface area contributed by atoms with Crippen LogP contribution in [0.15, 0.2) is 41.9 Å². The summed E-state index contributed by atoms with van der Waals surface area (Å²) >= 11 is 0. The summed E-state index contributed by atoms with van der Waals surface area (Å²) < 4.78 is 28.3. The Kier molecular flexibility index (Phi) is 4.61. The molecule has 0 spiro atoms. The van der Waals surface area contributed by atoms with E-state index in [4.69, 9.17) is 5.21 Å². The first kappa shape index (κ1) is 18.5. The van der Waals surface area contributed by atoms with Crippen molar-refractivity contribution in [1.82, 2.24) is 14.5 Å². The van der Waals surface area contributed by atoms with Crippen molar-refractivity contribution >= 4 is 11.0 Å². The molecule has 8 nitrogen and oxygen atoms in total. The van der Waals surface area contributed by atoms with E-state index < -0.39 is 41.9 Å². The van der Waals surface area contributed by atoms with E-state index >= 15 is 0 Å². The summed E-state index contributed by atoms with van der Waals surface area (Å²) in [7, 11) is 0. The van der Waals surface area contributed by atoms with Gasteiger partial charge in [-0.05, 0) is 30.2 Å². The van der Waals surface area contributed by atoms with Gasteiger partial charge in [0.2, 0.25) is 5.49 Å². The molecule has 148 valence electrons. The van der Waals surface area contributed by atoms with Crippen LogP contribution >= 0.6 is 0 Å². The maximum atomic E-state index is 13.5. The molecule has 1 unspecified atom stereocenters. The summed E-state index contributed by atoms with van der Waals surface area (Å²) in [5, 5.41) is 44.3. The number of aromatic nitrogens is 3. The highest BCUT2D eigenvalue weighted by molar-refractivity contribution is 5.74. The summed E-state index contributed by atoms with van der Waals surface area (Å²) in [5.74, 6) is -2.93. The highest BCUT2D eigenvalue weighted by atomic mass is 19.2. The third kappa shape index (κ3) is 2.86. The highest BCUT2D eigenvalue weighted by Crippen LogP contribution is 2.43. The zero-order chi connectivity index (χ0) is 20.0. The molecule has 1 aromatic carbocycles. The maximum Gasteiger partial charge on any atom is 0.203 e. The summed E-state index contributed by atoms with van der Waals surface area (Å²) in [5.41, 5.74) is 0.728. The van der Waals surface area contributed by atoms with Gasteiger partial charge in [0.15, 0.2) is 11.6 Å². The quantitative estimate of drug-likeness (QED) is 0.335. The van der Waals surface area contributed by atoms with Gasteiger partial charge in [0, 0.05) is 12.1 Å². The number of halogens is 2. The predicted octanol–water partition coefficient (Wildman–Crippen LogP) is 0.949. The van der Waals surface area contributed by atoms with Crippen LogP contribution in [0.2, 0.25) is 0 Å². The third-order valence-corrected chi connectivity index (χ3v) is 5.38. The molecule has 1 aliphatic rings. The Labute approximate surface area is 157 Å². The van der Waals surface area contributed by atoms with E-state index in [0.29, 0.717) is 11.0 Å². The normalized spacial score (nSPS) is 26.8. The fraction of sp³-hybridized carbons (Fsp3) is 0.333. The lowest BCUT2D eigenvalue weighted by atomic mass is 9.92. The number of hydrogen-bond acceptors (Lipinski definition) is 6. The highest BCUT2D eigenvalue weighted by Gasteiger charge is 2.46. The van der Waals surface area contributed by atoms with Crippen LogP contribution in [0.5, 0.6) is 0 Å². The molecule has 10 heteroatoms. The minimum atomic E-state index is -1.29. The number of fused-ring (bicyclic) bond motifs is 1. The zero-order valence-corrected chi connectivity index (χ0v) is 14.4. The van der Waals surface area contributed by atoms with E-state index in [1.807, 2.05) is 0 Å². The molecule has 0 bridgehead atoms. The molecule has 28 heavy (non-hydrogen) atoms. The van der Waals surface area contributed by atoms with Gasteiger partial charge in [-0.3, -0.25) is 0 Å². The van der Waals surface area contributed by atoms with Crippen molar-refractivity contribution in [3.8, 4) is 0 Å². The van der Waals surface area contributed by atoms with Crippen LogP contribution in [0.3, 0.4) is 0 Å². The van der Waals surface area contributed by atoms with E-state index in [2.05, 4.69) is 15.1 Å². The number of nitrogens with zero attached hydrogens (tertiary/aromatic N) is 3. The van der Waals surface area contributed by atoms with Crippen LogP contribution in [0.1, 0.15) is 24.1 Å². The molecule has 1 aliphatic carbocycles. The van der Waals surface area contributed by atoms with E-state index in [0.717, 1.165) is 12.1 Å². The van der Waals surface area contributed by atoms with Crippen molar-refractivity contribution < 1.29 is 29.3 Å². The number of aromatic amines is 1. The SMILES string of the molecule is ON=c1nc[nH]c2c1ccn2[C@@H]1C[C@H](C(O)c2ccc(F)c(F)c2)[C@@H](O)[C@H]1O. The van der Waals surface area contributed by atoms with Gasteiger partial charge in [-0.25, -0.2) is 13.8 Å². The van der Waals surface area contributed by atoms with Gasteiger partial charge in [0.25, 0.3) is 0 Å². The molecule has 4 rings (SSSR count). The molecule has 0 radical (unpaired) electrons. The number of H-pyrrole nitrogens is 1. The minimum Gasteiger partial charge on any atom is -0.409 e. The Morgan fingerprint density at radius 3 is 2.68 bits per heavy atom. The molecule has 1 fully saturated rings. The Morgan fingerprint density at radius 2 is 1.96 bits per heavy atom. The van der Waals surface area contributed by atoms with E-state index in [1.165, 1.54) is 12.4 Å². The predicted molar refractivity (Wildman–Crippen MR) is 91.9 cm³/mol. The largest absolute Gasteiger partial charge is 0.409 e. The van der Waals surface area contributed by atoms with Crippen LogP contribution in [0, 0.1) is 17.6 Å². The van der Waals surface area contributed by atoms with Crippen molar-refractivity contribution in [3.05, 3.63) is 59.5 Å². The van der Waals surface area contributed by atoms with Crippen molar-refractivity contribution in [1.29, 1.82) is 0 Å². The number of benzene rings is 1. The standard InChI is InChI=1S/C18H18F2N4O4/c19-11-2-1-8(5-12(11)20)14(25)10-6-13(16(27)15(10)26)24-4-3-9-17(23-28)21-7-22-18(9)24/h1-5,7,10,13-16,25-28H,6H2,(H,21,22,23)/t10-,13-,14?,15-,16+/m1/s1. The van der Waals surface area contributed by atoms with Crippen LogP contribution in [0.4, 0.5) is 8.78 Å². The molecule has 0 amide bonds. The second-order valence-electron chi connectivity index (χ2n) is 6.88. The monoisotopic (exact) mass is 392 g/mol. The first-order valence-corrected chi connectivity index (χ1v) is 8.64. The fourth-order valence-corrected chi connectivity index (χ4v) is 3.94. The van der Waals surface area contributed by atoms with Gasteiger partial charge in [-0.2, -0.15) is 0 Å². The second-order valence-corrected chi connectivity index (χ2v) is 6.88. The molecule has 2 heterocycles. The molecule has 2 aromatic heterocycles. The summed E-state index contributed by atoms with van der Waals surface area (Å²) in [6.07, 6.45) is -0.635. The van der Waals surface area contributed by atoms with Gasteiger partial charge in [-0.1, -0.05) is 11.2 Å². The first-order chi connectivity index (χ1) is 13.4. The van der Waals surface area contributed by atoms with Crippen molar-refractivity contribution in [2.75, 3.05) is 0 Å². The third-order valence-electron chi connectivity index (χ3n) is 5.38. The maximum absolute atomic E-state index is 13.5. The molecular formula is C18H18F2N4O4. The lowest BCUT2D eigenvalue weighted by Gasteiger charge is -2.22. The van der Waals surface area contributed by atoms with Crippen molar-refractivity contribution in [3.63, 3.8) is 0 Å². The molecule has 3 aromatic rings. The minimum absolute atomic E-state index is 0.0962. The van der Waals surface area contributed by atoms with Crippen molar-refractivity contribution in [2.24, 2.45) is 11.1 Å². The van der Waals surface area contributed by atoms with Crippen molar-refractivity contribution in [2.45, 2.75) is 30.8 Å². The number of hydrogen-bond donors (Lipinski definition) is 5. The lowest BCUT2D eigenvalue weighted by molar-refractivity contribution is -0.0265. The molecule has 5 atom stereocenters. The number of nitrogens with one attached hydrogen (secondary N) is 1. The smallest absolute Gasteiger partial charge is 0.203 e. The molecule has 1 saturated carbocycles. The van der Waals surface area contributed by atoms with Crippen LogP contribution < -0.4 is 5.49 Å². The Bertz CT molecular complexity index is 1080. The first-order valence-electron chi connectivity index (χ1n) is 8.64. The number of aliphatic hydroxyl groups is 3. The van der Waals surface area contributed by atoms with Gasteiger partial charge >= 0.3 is 0 Å². The Balaban J connectivity index is 1.67.